The molecule has 6 unspecified atom stereocenters. The van der Waals surface area contributed by atoms with E-state index in [0.717, 1.165) is 38.3 Å². The summed E-state index contributed by atoms with van der Waals surface area (Å²) in [6, 6.07) is -0.789. The number of oxazole rings is 1. The summed E-state index contributed by atoms with van der Waals surface area (Å²) in [7, 11) is 2.10. The molecule has 2 amide bonds. The summed E-state index contributed by atoms with van der Waals surface area (Å²) in [5, 5.41) is 13.1. The Morgan fingerprint density at radius 1 is 1.16 bits per heavy atom. The molecule has 0 aromatic carbocycles. The van der Waals surface area contributed by atoms with Crippen molar-refractivity contribution in [3.05, 3.63) is 53.8 Å². The highest BCUT2D eigenvalue weighted by molar-refractivity contribution is 5.95. The number of nitrogens with one attached hydrogen (secondary N) is 1. The average Bonchev–Trinajstić information content (AvgIpc) is 3.67. The predicted octanol–water partition coefficient (Wildman–Crippen LogP) is 2.53. The van der Waals surface area contributed by atoms with Crippen LogP contribution < -0.4 is 5.32 Å². The van der Waals surface area contributed by atoms with Crippen LogP contribution in [0.5, 0.6) is 0 Å². The van der Waals surface area contributed by atoms with Crippen LogP contribution in [0.3, 0.4) is 0 Å². The van der Waals surface area contributed by atoms with Gasteiger partial charge in [0, 0.05) is 64.1 Å². The Morgan fingerprint density at radius 3 is 2.67 bits per heavy atom. The van der Waals surface area contributed by atoms with Crippen LogP contribution in [0.15, 0.2) is 46.6 Å². The van der Waals surface area contributed by atoms with Gasteiger partial charge in [-0.3, -0.25) is 9.59 Å². The Bertz CT molecular complexity index is 1260. The number of halogens is 1. The fourth-order valence-electron chi connectivity index (χ4n) is 6.17. The van der Waals surface area contributed by atoms with Gasteiger partial charge in [-0.2, -0.15) is 0 Å². The molecule has 0 radical (unpaired) electrons. The van der Waals surface area contributed by atoms with E-state index in [2.05, 4.69) is 34.1 Å². The Hall–Kier alpha value is -3.35. The van der Waals surface area contributed by atoms with Gasteiger partial charge in [-0.15, -0.1) is 0 Å². The minimum absolute atomic E-state index is 0.000911. The molecule has 0 spiro atoms. The van der Waals surface area contributed by atoms with Gasteiger partial charge in [0.25, 0.3) is 5.91 Å². The molecule has 1 aromatic heterocycles. The molecule has 2 saturated heterocycles. The number of alkyl halides is 1. The van der Waals surface area contributed by atoms with Crippen LogP contribution in [-0.2, 0) is 20.7 Å². The Balaban J connectivity index is 1.56. The SMILES string of the molecule is CC1=CC(O)CC(F)Cc2nc(co2)C(=O)N2CCCC2C(=O)OC(C(C)CN2CCN(C)CC2)C(C)/C=C/C(=O)NCC=C1. The van der Waals surface area contributed by atoms with E-state index in [0.29, 0.717) is 19.4 Å². The number of nitrogens with zero attached hydrogens (tertiary/aromatic N) is 4. The number of carbonyl (C=O) groups is 3. The molecule has 45 heavy (non-hydrogen) atoms. The van der Waals surface area contributed by atoms with Crippen LogP contribution in [0.2, 0.25) is 0 Å². The summed E-state index contributed by atoms with van der Waals surface area (Å²) in [6.07, 6.45) is 7.11. The van der Waals surface area contributed by atoms with Crippen molar-refractivity contribution in [2.45, 2.75) is 70.9 Å². The molecule has 2 bridgehead atoms. The number of esters is 1. The smallest absolute Gasteiger partial charge is 0.329 e. The second-order valence-corrected chi connectivity index (χ2v) is 12.6. The van der Waals surface area contributed by atoms with Crippen LogP contribution in [0.1, 0.15) is 56.4 Å². The van der Waals surface area contributed by atoms with Crippen LogP contribution in [0.4, 0.5) is 4.39 Å². The van der Waals surface area contributed by atoms with Gasteiger partial charge >= 0.3 is 5.97 Å². The fraction of sp³-hybridized carbons (Fsp3) is 0.636. The number of likely N-dealkylation sites (N-methyl/N-ethyl adjacent to an activating group) is 1. The molecule has 11 nitrogen and oxygen atoms in total. The number of ether oxygens (including phenoxy) is 1. The molecule has 3 aliphatic heterocycles. The summed E-state index contributed by atoms with van der Waals surface area (Å²) in [5.74, 6) is -1.53. The first kappa shape index (κ1) is 34.5. The molecule has 2 fully saturated rings. The van der Waals surface area contributed by atoms with Crippen molar-refractivity contribution in [2.75, 3.05) is 52.9 Å². The van der Waals surface area contributed by atoms with Gasteiger partial charge in [-0.1, -0.05) is 43.7 Å². The van der Waals surface area contributed by atoms with E-state index in [-0.39, 0.29) is 48.7 Å². The number of aliphatic hydroxyl groups is 1. The van der Waals surface area contributed by atoms with Crippen molar-refractivity contribution in [3.8, 4) is 0 Å². The van der Waals surface area contributed by atoms with E-state index < -0.39 is 36.3 Å². The number of aliphatic hydroxyl groups excluding tert-OH is 1. The zero-order chi connectivity index (χ0) is 32.5. The van der Waals surface area contributed by atoms with E-state index in [4.69, 9.17) is 9.15 Å². The molecule has 0 saturated carbocycles. The first-order valence-corrected chi connectivity index (χ1v) is 16.0. The highest BCUT2D eigenvalue weighted by atomic mass is 19.1. The lowest BCUT2D eigenvalue weighted by Crippen LogP contribution is -2.49. The van der Waals surface area contributed by atoms with Crippen LogP contribution >= 0.6 is 0 Å². The first-order chi connectivity index (χ1) is 21.5. The van der Waals surface area contributed by atoms with E-state index >= 15 is 0 Å². The summed E-state index contributed by atoms with van der Waals surface area (Å²) in [6.45, 7) is 10.9. The Morgan fingerprint density at radius 2 is 1.91 bits per heavy atom. The fourth-order valence-corrected chi connectivity index (χ4v) is 6.17. The number of aromatic nitrogens is 1. The van der Waals surface area contributed by atoms with Crippen LogP contribution in [0, 0.1) is 11.8 Å². The van der Waals surface area contributed by atoms with Crippen LogP contribution in [-0.4, -0.2) is 120 Å². The molecule has 4 rings (SSSR count). The molecular formula is C33H48FN5O6. The number of allylic oxidation sites excluding steroid dienone is 2. The van der Waals surface area contributed by atoms with Gasteiger partial charge in [-0.25, -0.2) is 14.2 Å². The molecule has 248 valence electrons. The largest absolute Gasteiger partial charge is 0.460 e. The van der Waals surface area contributed by atoms with E-state index in [9.17, 15) is 23.9 Å². The lowest BCUT2D eigenvalue weighted by molar-refractivity contribution is -0.158. The number of fused-ring (bicyclic) bond motifs is 3. The second kappa shape index (κ2) is 16.3. The number of carbonyl (C=O) groups excluding carboxylic acids is 3. The molecule has 3 aliphatic rings. The Labute approximate surface area is 265 Å². The number of hydrogen-bond donors (Lipinski definition) is 2. The minimum atomic E-state index is -1.46. The van der Waals surface area contributed by atoms with Crippen molar-refractivity contribution in [1.82, 2.24) is 25.0 Å². The molecule has 6 atom stereocenters. The van der Waals surface area contributed by atoms with Gasteiger partial charge in [0.1, 0.15) is 24.6 Å². The molecule has 4 heterocycles. The molecular weight excluding hydrogens is 581 g/mol. The van der Waals surface area contributed by atoms with Gasteiger partial charge in [0.2, 0.25) is 5.91 Å². The van der Waals surface area contributed by atoms with Gasteiger partial charge < -0.3 is 34.3 Å². The quantitative estimate of drug-likeness (QED) is 0.485. The van der Waals surface area contributed by atoms with Crippen molar-refractivity contribution < 1.29 is 33.0 Å². The van der Waals surface area contributed by atoms with Gasteiger partial charge in [0.05, 0.1) is 12.5 Å². The lowest BCUT2D eigenvalue weighted by atomic mass is 9.91. The standard InChI is InChI=1S/C33H48FN5O6/c1-22-7-5-11-35-29(41)10-9-23(2)31(24(3)20-38-15-13-37(4)14-16-38)45-33(43)28-8-6-12-39(28)32(42)27-21-44-30(36-27)19-25(34)18-26(40)17-22/h5,7,9-10,17,21,23-26,28,31,40H,6,8,11-16,18-20H2,1-4H3,(H,35,41)/b7-5?,10-9+,22-17?. The highest BCUT2D eigenvalue weighted by Gasteiger charge is 2.39. The maximum absolute atomic E-state index is 14.8. The second-order valence-electron chi connectivity index (χ2n) is 12.6. The Kier molecular flexibility index (Phi) is 12.5. The lowest BCUT2D eigenvalue weighted by Gasteiger charge is -2.37. The third-order valence-corrected chi connectivity index (χ3v) is 8.70. The number of amides is 2. The number of hydrogen-bond acceptors (Lipinski definition) is 9. The summed E-state index contributed by atoms with van der Waals surface area (Å²) in [4.78, 5) is 50.0. The third-order valence-electron chi connectivity index (χ3n) is 8.70. The topological polar surface area (TPSA) is 128 Å². The molecule has 12 heteroatoms. The first-order valence-electron chi connectivity index (χ1n) is 16.0. The molecule has 0 aliphatic carbocycles. The summed E-state index contributed by atoms with van der Waals surface area (Å²) in [5.41, 5.74) is 0.716. The normalized spacial score (nSPS) is 30.3. The highest BCUT2D eigenvalue weighted by Crippen LogP contribution is 2.26. The molecule has 1 aromatic rings. The summed E-state index contributed by atoms with van der Waals surface area (Å²) < 4.78 is 26.4. The monoisotopic (exact) mass is 629 g/mol. The summed E-state index contributed by atoms with van der Waals surface area (Å²) >= 11 is 0. The maximum Gasteiger partial charge on any atom is 0.329 e. The minimum Gasteiger partial charge on any atom is -0.460 e. The van der Waals surface area contributed by atoms with E-state index in [1.54, 1.807) is 31.2 Å². The zero-order valence-electron chi connectivity index (χ0n) is 26.9. The zero-order valence-corrected chi connectivity index (χ0v) is 26.9. The van der Waals surface area contributed by atoms with Crippen molar-refractivity contribution in [3.63, 3.8) is 0 Å². The van der Waals surface area contributed by atoms with Crippen LogP contribution in [0.25, 0.3) is 0 Å². The van der Waals surface area contributed by atoms with Gasteiger partial charge in [0.15, 0.2) is 11.6 Å². The van der Waals surface area contributed by atoms with E-state index in [1.807, 2.05) is 6.92 Å². The number of piperazine rings is 1. The van der Waals surface area contributed by atoms with Crippen molar-refractivity contribution >= 4 is 17.8 Å². The van der Waals surface area contributed by atoms with E-state index in [1.165, 1.54) is 17.2 Å². The van der Waals surface area contributed by atoms with Gasteiger partial charge in [-0.05, 0) is 32.9 Å². The predicted molar refractivity (Wildman–Crippen MR) is 167 cm³/mol. The molecule has 2 N–H and O–H groups in total. The number of cyclic esters (lactones) is 1. The number of rotatable bonds is 3. The maximum atomic E-state index is 14.8. The van der Waals surface area contributed by atoms with Crippen molar-refractivity contribution in [1.29, 1.82) is 0 Å². The van der Waals surface area contributed by atoms with Crippen molar-refractivity contribution in [2.24, 2.45) is 11.8 Å². The average molecular weight is 630 g/mol. The third kappa shape index (κ3) is 10.1.